The highest BCUT2D eigenvalue weighted by molar-refractivity contribution is 5.89. The second-order valence-electron chi connectivity index (χ2n) is 5.34. The first-order chi connectivity index (χ1) is 9.52. The highest BCUT2D eigenvalue weighted by atomic mass is 16.5. The topological polar surface area (TPSA) is 87.2 Å². The van der Waals surface area contributed by atoms with Gasteiger partial charge in [-0.15, -0.1) is 0 Å². The van der Waals surface area contributed by atoms with Crippen LogP contribution in [0, 0.1) is 11.8 Å². The molecule has 20 heavy (non-hydrogen) atoms. The summed E-state index contributed by atoms with van der Waals surface area (Å²) in [7, 11) is 1.57. The average molecular weight is 284 g/mol. The summed E-state index contributed by atoms with van der Waals surface area (Å²) in [5.41, 5.74) is 0. The summed E-state index contributed by atoms with van der Waals surface area (Å²) in [5.74, 6) is -1.80. The van der Waals surface area contributed by atoms with Crippen molar-refractivity contribution in [3.63, 3.8) is 0 Å². The number of amides is 2. The van der Waals surface area contributed by atoms with Gasteiger partial charge < -0.3 is 19.6 Å². The Morgan fingerprint density at radius 2 is 2.10 bits per heavy atom. The summed E-state index contributed by atoms with van der Waals surface area (Å²) < 4.78 is 4.93. The summed E-state index contributed by atoms with van der Waals surface area (Å²) in [6, 6.07) is 0. The van der Waals surface area contributed by atoms with E-state index >= 15 is 0 Å². The number of carboxylic acid groups (broad SMARTS) is 1. The van der Waals surface area contributed by atoms with Crippen molar-refractivity contribution in [1.82, 2.24) is 9.80 Å². The first-order valence-corrected chi connectivity index (χ1v) is 6.81. The standard InChI is InChI=1S/C13H20N2O5/c1-20-5-4-14-8-10(6-11(14)16)12(17)15-3-2-9(7-15)13(18)19/h9-10H,2-8H2,1H3,(H,18,19)/t9-,10+/m0/s1. The Morgan fingerprint density at radius 3 is 2.70 bits per heavy atom. The molecule has 0 aliphatic carbocycles. The van der Waals surface area contributed by atoms with E-state index in [-0.39, 0.29) is 30.7 Å². The van der Waals surface area contributed by atoms with Crippen LogP contribution in [0.4, 0.5) is 0 Å². The number of likely N-dealkylation sites (tertiary alicyclic amines) is 2. The maximum Gasteiger partial charge on any atom is 0.308 e. The summed E-state index contributed by atoms with van der Waals surface area (Å²) in [6.45, 7) is 2.10. The minimum atomic E-state index is -0.857. The Labute approximate surface area is 117 Å². The van der Waals surface area contributed by atoms with E-state index in [4.69, 9.17) is 9.84 Å². The number of ether oxygens (including phenoxy) is 1. The largest absolute Gasteiger partial charge is 0.481 e. The second kappa shape index (κ2) is 6.21. The number of hydrogen-bond donors (Lipinski definition) is 1. The van der Waals surface area contributed by atoms with Gasteiger partial charge in [0.05, 0.1) is 18.4 Å². The van der Waals surface area contributed by atoms with Crippen molar-refractivity contribution in [3.8, 4) is 0 Å². The maximum absolute atomic E-state index is 12.3. The van der Waals surface area contributed by atoms with E-state index in [2.05, 4.69) is 0 Å². The summed E-state index contributed by atoms with van der Waals surface area (Å²) in [4.78, 5) is 38.2. The summed E-state index contributed by atoms with van der Waals surface area (Å²) in [6.07, 6.45) is 0.714. The normalized spacial score (nSPS) is 26.4. The third-order valence-electron chi connectivity index (χ3n) is 3.98. The monoisotopic (exact) mass is 284 g/mol. The minimum absolute atomic E-state index is 0.0330. The number of methoxy groups -OCH3 is 1. The van der Waals surface area contributed by atoms with Crippen molar-refractivity contribution < 1.29 is 24.2 Å². The van der Waals surface area contributed by atoms with Crippen molar-refractivity contribution >= 4 is 17.8 Å². The lowest BCUT2D eigenvalue weighted by molar-refractivity contribution is -0.141. The van der Waals surface area contributed by atoms with Gasteiger partial charge in [0.25, 0.3) is 0 Å². The van der Waals surface area contributed by atoms with E-state index in [1.165, 1.54) is 0 Å². The molecule has 0 aromatic heterocycles. The lowest BCUT2D eigenvalue weighted by Gasteiger charge is -2.20. The molecule has 0 bridgehead atoms. The van der Waals surface area contributed by atoms with E-state index in [1.807, 2.05) is 0 Å². The summed E-state index contributed by atoms with van der Waals surface area (Å²) in [5, 5.41) is 8.95. The molecule has 0 unspecified atom stereocenters. The van der Waals surface area contributed by atoms with Gasteiger partial charge in [-0.05, 0) is 6.42 Å². The molecule has 0 radical (unpaired) electrons. The molecule has 2 aliphatic rings. The lowest BCUT2D eigenvalue weighted by Crippen LogP contribution is -2.37. The number of carbonyl (C=O) groups excluding carboxylic acids is 2. The molecule has 2 saturated heterocycles. The van der Waals surface area contributed by atoms with Crippen LogP contribution in [0.1, 0.15) is 12.8 Å². The molecule has 2 aliphatic heterocycles. The molecular formula is C13H20N2O5. The molecular weight excluding hydrogens is 264 g/mol. The Morgan fingerprint density at radius 1 is 1.35 bits per heavy atom. The van der Waals surface area contributed by atoms with Crippen molar-refractivity contribution in [2.75, 3.05) is 39.9 Å². The SMILES string of the molecule is COCCN1C[C@H](C(=O)N2CC[C@H](C(=O)O)C2)CC1=O. The first-order valence-electron chi connectivity index (χ1n) is 6.81. The van der Waals surface area contributed by atoms with Gasteiger partial charge in [0.2, 0.25) is 11.8 Å². The van der Waals surface area contributed by atoms with Crippen LogP contribution in [0.3, 0.4) is 0 Å². The van der Waals surface area contributed by atoms with E-state index in [9.17, 15) is 14.4 Å². The van der Waals surface area contributed by atoms with E-state index in [0.29, 0.717) is 32.7 Å². The van der Waals surface area contributed by atoms with Gasteiger partial charge in [-0.1, -0.05) is 0 Å². The van der Waals surface area contributed by atoms with E-state index < -0.39 is 11.9 Å². The highest BCUT2D eigenvalue weighted by Crippen LogP contribution is 2.24. The molecule has 2 fully saturated rings. The molecule has 0 aromatic rings. The van der Waals surface area contributed by atoms with Gasteiger partial charge in [-0.3, -0.25) is 14.4 Å². The molecule has 2 amide bonds. The molecule has 0 aromatic carbocycles. The predicted octanol–water partition coefficient (Wildman–Crippen LogP) is -0.586. The van der Waals surface area contributed by atoms with Gasteiger partial charge >= 0.3 is 5.97 Å². The van der Waals surface area contributed by atoms with Gasteiger partial charge in [0.15, 0.2) is 0 Å². The zero-order valence-electron chi connectivity index (χ0n) is 11.6. The van der Waals surface area contributed by atoms with Crippen LogP contribution >= 0.6 is 0 Å². The van der Waals surface area contributed by atoms with Crippen LogP contribution in [-0.4, -0.2) is 72.6 Å². The molecule has 2 heterocycles. The van der Waals surface area contributed by atoms with E-state index in [0.717, 1.165) is 0 Å². The number of nitrogens with zero attached hydrogens (tertiary/aromatic N) is 2. The molecule has 112 valence electrons. The molecule has 2 rings (SSSR count). The van der Waals surface area contributed by atoms with Crippen LogP contribution < -0.4 is 0 Å². The molecule has 7 heteroatoms. The first kappa shape index (κ1) is 14.8. The lowest BCUT2D eigenvalue weighted by atomic mass is 10.1. The van der Waals surface area contributed by atoms with Gasteiger partial charge in [-0.25, -0.2) is 0 Å². The number of carboxylic acids is 1. The third-order valence-corrected chi connectivity index (χ3v) is 3.98. The van der Waals surface area contributed by atoms with Crippen molar-refractivity contribution in [3.05, 3.63) is 0 Å². The van der Waals surface area contributed by atoms with Crippen LogP contribution in [0.2, 0.25) is 0 Å². The number of hydrogen-bond acceptors (Lipinski definition) is 4. The fourth-order valence-corrected chi connectivity index (χ4v) is 2.78. The minimum Gasteiger partial charge on any atom is -0.481 e. The van der Waals surface area contributed by atoms with E-state index in [1.54, 1.807) is 16.9 Å². The molecule has 2 atom stereocenters. The zero-order chi connectivity index (χ0) is 14.7. The average Bonchev–Trinajstić information content (AvgIpc) is 3.02. The third kappa shape index (κ3) is 3.09. The van der Waals surface area contributed by atoms with Crippen LogP contribution in [0.25, 0.3) is 0 Å². The number of carbonyl (C=O) groups is 3. The zero-order valence-corrected chi connectivity index (χ0v) is 11.6. The quantitative estimate of drug-likeness (QED) is 0.729. The number of rotatable bonds is 5. The predicted molar refractivity (Wildman–Crippen MR) is 68.9 cm³/mol. The van der Waals surface area contributed by atoms with Gasteiger partial charge in [-0.2, -0.15) is 0 Å². The van der Waals surface area contributed by atoms with Crippen molar-refractivity contribution in [1.29, 1.82) is 0 Å². The second-order valence-corrected chi connectivity index (χ2v) is 5.34. The van der Waals surface area contributed by atoms with Crippen LogP contribution in [0.15, 0.2) is 0 Å². The Bertz CT molecular complexity index is 412. The fraction of sp³-hybridized carbons (Fsp3) is 0.769. The molecule has 0 spiro atoms. The van der Waals surface area contributed by atoms with Crippen LogP contribution in [0.5, 0.6) is 0 Å². The molecule has 7 nitrogen and oxygen atoms in total. The Hall–Kier alpha value is -1.63. The Balaban J connectivity index is 1.88. The van der Waals surface area contributed by atoms with Crippen molar-refractivity contribution in [2.24, 2.45) is 11.8 Å². The molecule has 1 N–H and O–H groups in total. The molecule has 0 saturated carbocycles. The highest BCUT2D eigenvalue weighted by Gasteiger charge is 2.39. The maximum atomic E-state index is 12.3. The smallest absolute Gasteiger partial charge is 0.308 e. The number of aliphatic carboxylic acids is 1. The Kier molecular flexibility index (Phi) is 4.59. The van der Waals surface area contributed by atoms with Crippen molar-refractivity contribution in [2.45, 2.75) is 12.8 Å². The summed E-state index contributed by atoms with van der Waals surface area (Å²) >= 11 is 0. The van der Waals surface area contributed by atoms with Gasteiger partial charge in [0, 0.05) is 39.7 Å². The van der Waals surface area contributed by atoms with Crippen LogP contribution in [-0.2, 0) is 19.1 Å². The van der Waals surface area contributed by atoms with Gasteiger partial charge in [0.1, 0.15) is 0 Å². The fourth-order valence-electron chi connectivity index (χ4n) is 2.78.